The Labute approximate surface area is 126 Å². The molecule has 0 unspecified atom stereocenters. The maximum absolute atomic E-state index is 4.30. The molecule has 0 saturated heterocycles. The van der Waals surface area contributed by atoms with Crippen molar-refractivity contribution < 1.29 is 0 Å². The molecule has 0 atom stereocenters. The summed E-state index contributed by atoms with van der Waals surface area (Å²) in [6.45, 7) is 4.07. The number of hydrogen-bond acceptors (Lipinski definition) is 4. The van der Waals surface area contributed by atoms with Crippen molar-refractivity contribution in [1.82, 2.24) is 15.3 Å². The Balaban J connectivity index is 2.14. The van der Waals surface area contributed by atoms with Gasteiger partial charge in [-0.15, -0.1) is 0 Å². The summed E-state index contributed by atoms with van der Waals surface area (Å²) < 4.78 is 1.10. The lowest BCUT2D eigenvalue weighted by atomic mass is 10.2. The molecule has 0 aliphatic heterocycles. The topological polar surface area (TPSA) is 37.8 Å². The number of nitrogens with zero attached hydrogens (tertiary/aromatic N) is 2. The van der Waals surface area contributed by atoms with Crippen molar-refractivity contribution >= 4 is 27.7 Å². The molecule has 2 rings (SSSR count). The standard InChI is InChI=1S/C14H16BrN3S/c1-2-5-16-9-11-8-12(15)3-4-13(11)19-14-10-17-6-7-18-14/h3-4,6-8,10,16H,2,5,9H2,1H3. The first kappa shape index (κ1) is 14.5. The van der Waals surface area contributed by atoms with E-state index < -0.39 is 0 Å². The van der Waals surface area contributed by atoms with Crippen LogP contribution >= 0.6 is 27.7 Å². The molecule has 0 aliphatic carbocycles. The highest BCUT2D eigenvalue weighted by Gasteiger charge is 2.06. The third kappa shape index (κ3) is 4.60. The van der Waals surface area contributed by atoms with Gasteiger partial charge in [-0.25, -0.2) is 4.98 Å². The van der Waals surface area contributed by atoms with Crippen molar-refractivity contribution in [1.29, 1.82) is 0 Å². The number of aromatic nitrogens is 2. The largest absolute Gasteiger partial charge is 0.313 e. The Morgan fingerprint density at radius 1 is 1.32 bits per heavy atom. The van der Waals surface area contributed by atoms with Gasteiger partial charge in [0.1, 0.15) is 5.03 Å². The first-order valence-corrected chi connectivity index (χ1v) is 7.83. The van der Waals surface area contributed by atoms with Crippen molar-refractivity contribution in [3.05, 3.63) is 46.8 Å². The number of hydrogen-bond donors (Lipinski definition) is 1. The minimum Gasteiger partial charge on any atom is -0.313 e. The summed E-state index contributed by atoms with van der Waals surface area (Å²) in [5.41, 5.74) is 1.28. The molecule has 1 heterocycles. The summed E-state index contributed by atoms with van der Waals surface area (Å²) in [5.74, 6) is 0. The Kier molecular flexibility index (Phi) is 5.82. The van der Waals surface area contributed by atoms with Gasteiger partial charge in [0.2, 0.25) is 0 Å². The van der Waals surface area contributed by atoms with Crippen LogP contribution in [0.2, 0.25) is 0 Å². The van der Waals surface area contributed by atoms with E-state index in [1.54, 1.807) is 30.4 Å². The average Bonchev–Trinajstić information content (AvgIpc) is 2.43. The van der Waals surface area contributed by atoms with E-state index in [0.717, 1.165) is 29.0 Å². The van der Waals surface area contributed by atoms with E-state index in [1.807, 2.05) is 0 Å². The lowest BCUT2D eigenvalue weighted by molar-refractivity contribution is 0.669. The van der Waals surface area contributed by atoms with Gasteiger partial charge in [0.25, 0.3) is 0 Å². The van der Waals surface area contributed by atoms with Gasteiger partial charge in [-0.1, -0.05) is 34.6 Å². The molecule has 1 aromatic carbocycles. The fraction of sp³-hybridized carbons (Fsp3) is 0.286. The van der Waals surface area contributed by atoms with E-state index in [-0.39, 0.29) is 0 Å². The van der Waals surface area contributed by atoms with Gasteiger partial charge in [-0.05, 0) is 36.7 Å². The Morgan fingerprint density at radius 2 is 2.21 bits per heavy atom. The fourth-order valence-electron chi connectivity index (χ4n) is 1.64. The minimum absolute atomic E-state index is 0.871. The smallest absolute Gasteiger partial charge is 0.119 e. The molecule has 19 heavy (non-hydrogen) atoms. The first-order valence-electron chi connectivity index (χ1n) is 6.22. The van der Waals surface area contributed by atoms with Crippen molar-refractivity contribution in [3.8, 4) is 0 Å². The third-order valence-electron chi connectivity index (χ3n) is 2.52. The van der Waals surface area contributed by atoms with Gasteiger partial charge < -0.3 is 5.32 Å². The lowest BCUT2D eigenvalue weighted by Gasteiger charge is -2.10. The van der Waals surface area contributed by atoms with Crippen LogP contribution in [0.5, 0.6) is 0 Å². The van der Waals surface area contributed by atoms with Crippen LogP contribution < -0.4 is 5.32 Å². The van der Waals surface area contributed by atoms with Crippen molar-refractivity contribution in [2.75, 3.05) is 6.54 Å². The molecular formula is C14H16BrN3S. The number of nitrogens with one attached hydrogen (secondary N) is 1. The predicted octanol–water partition coefficient (Wildman–Crippen LogP) is 3.89. The number of halogens is 1. The van der Waals surface area contributed by atoms with Crippen LogP contribution in [0, 0.1) is 0 Å². The Morgan fingerprint density at radius 3 is 2.95 bits per heavy atom. The van der Waals surface area contributed by atoms with E-state index in [4.69, 9.17) is 0 Å². The minimum atomic E-state index is 0.871. The van der Waals surface area contributed by atoms with Gasteiger partial charge >= 0.3 is 0 Å². The van der Waals surface area contributed by atoms with E-state index >= 15 is 0 Å². The van der Waals surface area contributed by atoms with Gasteiger partial charge in [0.05, 0.1) is 6.20 Å². The molecule has 0 radical (unpaired) electrons. The summed E-state index contributed by atoms with van der Waals surface area (Å²) >= 11 is 5.17. The molecule has 1 aromatic heterocycles. The van der Waals surface area contributed by atoms with E-state index in [1.165, 1.54) is 10.5 Å². The zero-order valence-corrected chi connectivity index (χ0v) is 13.2. The molecule has 3 nitrogen and oxygen atoms in total. The van der Waals surface area contributed by atoms with Gasteiger partial charge in [-0.2, -0.15) is 0 Å². The highest BCUT2D eigenvalue weighted by Crippen LogP contribution is 2.30. The van der Waals surface area contributed by atoms with Crippen LogP contribution in [0.3, 0.4) is 0 Å². The van der Waals surface area contributed by atoms with Gasteiger partial charge in [0, 0.05) is 28.3 Å². The molecule has 1 N–H and O–H groups in total. The molecule has 5 heteroatoms. The maximum atomic E-state index is 4.30. The van der Waals surface area contributed by atoms with Crippen molar-refractivity contribution in [3.63, 3.8) is 0 Å². The second-order valence-electron chi connectivity index (χ2n) is 4.07. The summed E-state index contributed by atoms with van der Waals surface area (Å²) in [6.07, 6.45) is 6.34. The predicted molar refractivity (Wildman–Crippen MR) is 82.3 cm³/mol. The zero-order chi connectivity index (χ0) is 13.5. The van der Waals surface area contributed by atoms with E-state index in [2.05, 4.69) is 56.3 Å². The Hall–Kier alpha value is -0.910. The zero-order valence-electron chi connectivity index (χ0n) is 10.8. The molecule has 0 bridgehead atoms. The number of rotatable bonds is 6. The summed E-state index contributed by atoms with van der Waals surface area (Å²) in [7, 11) is 0. The first-order chi connectivity index (χ1) is 9.29. The second-order valence-corrected chi connectivity index (χ2v) is 6.05. The highest BCUT2D eigenvalue weighted by molar-refractivity contribution is 9.10. The second kappa shape index (κ2) is 7.62. The SMILES string of the molecule is CCCNCc1cc(Br)ccc1Sc1cnccn1. The maximum Gasteiger partial charge on any atom is 0.119 e. The molecule has 0 amide bonds. The Bertz CT molecular complexity index is 519. The monoisotopic (exact) mass is 337 g/mol. The molecule has 0 aliphatic rings. The summed E-state index contributed by atoms with van der Waals surface area (Å²) in [6, 6.07) is 6.33. The van der Waals surface area contributed by atoms with E-state index in [0.29, 0.717) is 0 Å². The van der Waals surface area contributed by atoms with Crippen molar-refractivity contribution in [2.24, 2.45) is 0 Å². The van der Waals surface area contributed by atoms with Crippen LogP contribution in [0.1, 0.15) is 18.9 Å². The molecule has 0 saturated carbocycles. The van der Waals surface area contributed by atoms with Crippen LogP contribution in [0.4, 0.5) is 0 Å². The van der Waals surface area contributed by atoms with Crippen molar-refractivity contribution in [2.45, 2.75) is 29.8 Å². The fourth-order valence-corrected chi connectivity index (χ4v) is 2.90. The quantitative estimate of drug-likeness (QED) is 0.811. The highest BCUT2D eigenvalue weighted by atomic mass is 79.9. The average molecular weight is 338 g/mol. The third-order valence-corrected chi connectivity index (χ3v) is 4.05. The molecule has 0 fully saturated rings. The van der Waals surface area contributed by atoms with Crippen LogP contribution in [-0.4, -0.2) is 16.5 Å². The van der Waals surface area contributed by atoms with Crippen LogP contribution in [0.15, 0.2) is 51.2 Å². The summed E-state index contributed by atoms with van der Waals surface area (Å²) in [5, 5.41) is 4.35. The molecule has 2 aromatic rings. The van der Waals surface area contributed by atoms with Gasteiger partial charge in [0.15, 0.2) is 0 Å². The lowest BCUT2D eigenvalue weighted by Crippen LogP contribution is -2.14. The van der Waals surface area contributed by atoms with Gasteiger partial charge in [-0.3, -0.25) is 4.98 Å². The van der Waals surface area contributed by atoms with Crippen LogP contribution in [0.25, 0.3) is 0 Å². The van der Waals surface area contributed by atoms with Crippen LogP contribution in [-0.2, 0) is 6.54 Å². The summed E-state index contributed by atoms with van der Waals surface area (Å²) in [4.78, 5) is 9.61. The normalized spacial score (nSPS) is 10.6. The number of benzene rings is 1. The molecular weight excluding hydrogens is 322 g/mol. The molecule has 0 spiro atoms. The molecule has 100 valence electrons. The van der Waals surface area contributed by atoms with E-state index in [9.17, 15) is 0 Å².